The van der Waals surface area contributed by atoms with Gasteiger partial charge in [0.05, 0.1) is 5.48 Å². The Bertz CT molecular complexity index is 1850. The highest BCUT2D eigenvalue weighted by atomic mass is 16.6. The van der Waals surface area contributed by atoms with E-state index in [-0.39, 0.29) is 6.42 Å². The molecule has 1 fully saturated rings. The normalized spacial score (nSPS) is 24.2. The second kappa shape index (κ2) is 19.2. The number of carbonyl (C=O) groups excluding carboxylic acids is 2. The second-order valence-corrected chi connectivity index (χ2v) is 14.5. The van der Waals surface area contributed by atoms with Crippen LogP contribution in [0, 0.1) is 0 Å². The van der Waals surface area contributed by atoms with Crippen LogP contribution >= 0.6 is 0 Å². The van der Waals surface area contributed by atoms with Crippen LogP contribution in [-0.4, -0.2) is 22.8 Å². The number of epoxide rings is 1. The monoisotopic (exact) mass is 672 g/mol. The maximum absolute atomic E-state index is 13.8. The molecule has 0 radical (unpaired) electrons. The van der Waals surface area contributed by atoms with Crippen LogP contribution in [0.2, 0.25) is 0 Å². The zero-order valence-corrected chi connectivity index (χ0v) is 31.5. The summed E-state index contributed by atoms with van der Waals surface area (Å²) in [5.74, 6) is -1.98. The Morgan fingerprint density at radius 3 is 1.29 bits per heavy atom. The number of ether oxygens (including phenoxy) is 1. The third-order valence-electron chi connectivity index (χ3n) is 9.67. The molecule has 0 bridgehead atoms. The van der Waals surface area contributed by atoms with Crippen molar-refractivity contribution in [1.29, 1.82) is 0 Å². The second-order valence-electron chi connectivity index (χ2n) is 14.5. The molecule has 3 rings (SSSR count). The molecule has 1 aliphatic carbocycles. The molecule has 0 amide bonds. The number of hydrogen-bond acceptors (Lipinski definition) is 3. The van der Waals surface area contributed by atoms with Crippen LogP contribution in [0.15, 0.2) is 106 Å². The van der Waals surface area contributed by atoms with Crippen LogP contribution in [-0.2, 0) is 4.74 Å². The van der Waals surface area contributed by atoms with Crippen molar-refractivity contribution in [3.8, 4) is 0 Å². The van der Waals surface area contributed by atoms with Gasteiger partial charge in [-0.05, 0) is 139 Å². The number of benzene rings is 1. The molecule has 1 aromatic carbocycles. The van der Waals surface area contributed by atoms with E-state index in [2.05, 4.69) is 84.9 Å². The highest BCUT2D eigenvalue weighted by molar-refractivity contribution is 6.25. The maximum Gasteiger partial charge on any atom is 0.199 e. The van der Waals surface area contributed by atoms with Gasteiger partial charge < -0.3 is 4.74 Å². The fraction of sp³-hybridized carbons (Fsp3) is 0.522. The molecular formula is C46H64O3. The predicted molar refractivity (Wildman–Crippen MR) is 209 cm³/mol. The lowest BCUT2D eigenvalue weighted by atomic mass is 9.73. The largest absolute Gasteiger partial charge is 0.345 e. The first kappa shape index (κ1) is 30.5. The number of hydrogen-bond donors (Lipinski definition) is 0. The lowest BCUT2D eigenvalue weighted by Crippen LogP contribution is -2.43. The van der Waals surface area contributed by atoms with Gasteiger partial charge in [-0.3, -0.25) is 9.59 Å². The molecule has 0 N–H and O–H groups in total. The minimum Gasteiger partial charge on any atom is -0.345 e. The highest BCUT2D eigenvalue weighted by Gasteiger charge is 2.77. The Kier molecular flexibility index (Phi) is 12.0. The van der Waals surface area contributed by atoms with E-state index >= 15 is 0 Å². The SMILES string of the molecule is [2H]c1c([2H])c([2H])c2c(c1[2H])C(=O)C1(C/C=C(\C)CC/C=C(\C)CC/C=C(\C)CC/C=C(\C)CC/C=C(\C)CC/C=C(\C)CCC=C(C)C)OC1(C([2H])([2H])[2H])C2=O. The maximum atomic E-state index is 13.8. The first-order valence-corrected chi connectivity index (χ1v) is 18.2. The Balaban J connectivity index is 1.44. The third kappa shape index (κ3) is 11.9. The van der Waals surface area contributed by atoms with Gasteiger partial charge >= 0.3 is 0 Å². The fourth-order valence-electron chi connectivity index (χ4n) is 6.23. The number of allylic oxidation sites excluding steroid dienone is 13. The van der Waals surface area contributed by atoms with E-state index in [1.54, 1.807) is 6.08 Å². The van der Waals surface area contributed by atoms with Crippen molar-refractivity contribution in [3.05, 3.63) is 117 Å². The van der Waals surface area contributed by atoms with Crippen molar-refractivity contribution in [1.82, 2.24) is 0 Å². The van der Waals surface area contributed by atoms with Gasteiger partial charge in [-0.2, -0.15) is 0 Å². The average molecular weight is 672 g/mol. The molecule has 3 heteroatoms. The van der Waals surface area contributed by atoms with Gasteiger partial charge in [0.15, 0.2) is 22.8 Å². The lowest BCUT2D eigenvalue weighted by molar-refractivity contribution is 0.0847. The lowest BCUT2D eigenvalue weighted by Gasteiger charge is -2.22. The van der Waals surface area contributed by atoms with Crippen LogP contribution in [0.5, 0.6) is 0 Å². The number of fused-ring (bicyclic) bond motifs is 2. The Hall–Kier alpha value is -3.30. The summed E-state index contributed by atoms with van der Waals surface area (Å²) >= 11 is 0. The van der Waals surface area contributed by atoms with Crippen LogP contribution in [0.3, 0.4) is 0 Å². The van der Waals surface area contributed by atoms with Crippen LogP contribution in [0.25, 0.3) is 0 Å². The van der Waals surface area contributed by atoms with Crippen molar-refractivity contribution in [2.45, 2.75) is 157 Å². The zero-order chi connectivity index (χ0) is 42.0. The number of ketones is 2. The van der Waals surface area contributed by atoms with Gasteiger partial charge in [-0.1, -0.05) is 106 Å². The van der Waals surface area contributed by atoms with E-state index in [0.29, 0.717) is 6.42 Å². The predicted octanol–water partition coefficient (Wildman–Crippen LogP) is 13.3. The third-order valence-corrected chi connectivity index (χ3v) is 9.67. The van der Waals surface area contributed by atoms with E-state index in [1.165, 1.54) is 33.4 Å². The van der Waals surface area contributed by atoms with Gasteiger partial charge in [-0.25, -0.2) is 0 Å². The molecule has 1 aromatic rings. The quantitative estimate of drug-likeness (QED) is 0.102. The molecule has 49 heavy (non-hydrogen) atoms. The number of Topliss-reactive ketones (excluding diaryl/α,β-unsaturated/α-hetero) is 2. The summed E-state index contributed by atoms with van der Waals surface area (Å²) < 4.78 is 62.5. The summed E-state index contributed by atoms with van der Waals surface area (Å²) in [5.41, 5.74) is 3.74. The number of carbonyl (C=O) groups is 2. The van der Waals surface area contributed by atoms with Gasteiger partial charge in [0.2, 0.25) is 0 Å². The van der Waals surface area contributed by atoms with Crippen LogP contribution < -0.4 is 0 Å². The summed E-state index contributed by atoms with van der Waals surface area (Å²) in [5, 5.41) is 0. The summed E-state index contributed by atoms with van der Waals surface area (Å²) in [7, 11) is 0. The highest BCUT2D eigenvalue weighted by Crippen LogP contribution is 2.57. The summed E-state index contributed by atoms with van der Waals surface area (Å²) in [4.78, 5) is 27.4. The van der Waals surface area contributed by atoms with Gasteiger partial charge in [-0.15, -0.1) is 0 Å². The smallest absolute Gasteiger partial charge is 0.199 e. The van der Waals surface area contributed by atoms with Crippen molar-refractivity contribution in [2.24, 2.45) is 0 Å². The minimum atomic E-state index is -3.02. The Morgan fingerprint density at radius 2 is 0.918 bits per heavy atom. The molecule has 0 saturated carbocycles. The van der Waals surface area contributed by atoms with E-state index in [1.807, 2.05) is 6.92 Å². The summed E-state index contributed by atoms with van der Waals surface area (Å²) in [6.07, 6.45) is 27.7. The van der Waals surface area contributed by atoms with Crippen LogP contribution in [0.1, 0.15) is 176 Å². The van der Waals surface area contributed by atoms with Crippen molar-refractivity contribution < 1.29 is 23.9 Å². The van der Waals surface area contributed by atoms with E-state index < -0.39 is 64.9 Å². The van der Waals surface area contributed by atoms with Crippen molar-refractivity contribution in [2.75, 3.05) is 0 Å². The molecule has 1 heterocycles. The Labute approximate surface area is 308 Å². The minimum absolute atomic E-state index is 0.183. The average Bonchev–Trinajstić information content (AvgIpc) is 3.83. The first-order valence-electron chi connectivity index (χ1n) is 21.7. The molecule has 0 aromatic heterocycles. The molecule has 2 unspecified atom stereocenters. The summed E-state index contributed by atoms with van der Waals surface area (Å²) in [6.45, 7) is 14.2. The van der Waals surface area contributed by atoms with E-state index in [0.717, 1.165) is 76.2 Å². The van der Waals surface area contributed by atoms with Gasteiger partial charge in [0.1, 0.15) is 0 Å². The molecule has 0 spiro atoms. The van der Waals surface area contributed by atoms with E-state index in [9.17, 15) is 9.59 Å². The molecule has 3 nitrogen and oxygen atoms in total. The summed E-state index contributed by atoms with van der Waals surface area (Å²) in [6, 6.07) is -2.75. The Morgan fingerprint density at radius 1 is 0.571 bits per heavy atom. The van der Waals surface area contributed by atoms with Gasteiger partial charge in [0.25, 0.3) is 0 Å². The number of rotatable bonds is 20. The van der Waals surface area contributed by atoms with E-state index in [4.69, 9.17) is 14.3 Å². The molecule has 266 valence electrons. The molecule has 1 saturated heterocycles. The zero-order valence-electron chi connectivity index (χ0n) is 38.5. The fourth-order valence-corrected chi connectivity index (χ4v) is 6.23. The topological polar surface area (TPSA) is 46.7 Å². The molecule has 2 aliphatic rings. The van der Waals surface area contributed by atoms with Crippen molar-refractivity contribution >= 4 is 11.6 Å². The van der Waals surface area contributed by atoms with Crippen molar-refractivity contribution in [3.63, 3.8) is 0 Å². The molecular weight excluding hydrogens is 601 g/mol. The molecule has 1 aliphatic heterocycles. The van der Waals surface area contributed by atoms with Gasteiger partial charge in [0, 0.05) is 21.7 Å². The first-order chi connectivity index (χ1) is 26.2. The van der Waals surface area contributed by atoms with Crippen LogP contribution in [0.4, 0.5) is 0 Å². The molecule has 2 atom stereocenters. The standard InChI is InChI=1S/C46H64O3/c1-34(2)18-12-19-35(3)20-13-21-36(4)22-14-23-37(5)24-15-25-38(6)26-16-27-39(7)28-17-29-40(8)32-33-46-44(48)42-31-11-10-30-41(42)43(47)45(46,9)49-46/h10-11,18,20,22,24,26,28,30-32H,12-17,19,21,23,25,27,29,33H2,1-9H3/b35-20+,36-22+,37-24+,38-26+,39-28+,40-32+/i9D3,10D,11D,30D,31D.